The summed E-state index contributed by atoms with van der Waals surface area (Å²) in [5.41, 5.74) is 2.78. The van der Waals surface area contributed by atoms with Gasteiger partial charge in [-0.2, -0.15) is 10.2 Å². The molecule has 29 heavy (non-hydrogen) atoms. The molecule has 3 heterocycles. The Balaban J connectivity index is 1.72. The molecule has 0 spiro atoms. The second-order valence-electron chi connectivity index (χ2n) is 6.54. The van der Waals surface area contributed by atoms with Crippen LogP contribution in [0.25, 0.3) is 16.8 Å². The first-order chi connectivity index (χ1) is 14.0. The van der Waals surface area contributed by atoms with Crippen molar-refractivity contribution < 1.29 is 8.78 Å². The lowest BCUT2D eigenvalue weighted by atomic mass is 10.1. The van der Waals surface area contributed by atoms with E-state index in [1.165, 1.54) is 29.1 Å². The molecule has 2 aromatic carbocycles. The van der Waals surface area contributed by atoms with Crippen molar-refractivity contribution in [3.8, 4) is 16.8 Å². The number of rotatable bonds is 2. The van der Waals surface area contributed by atoms with Gasteiger partial charge in [-0.25, -0.2) is 18.5 Å². The number of fused-ring (bicyclic) bond motifs is 3. The van der Waals surface area contributed by atoms with Crippen LogP contribution in [0.15, 0.2) is 60.0 Å². The van der Waals surface area contributed by atoms with Crippen molar-refractivity contribution in [2.24, 2.45) is 12.0 Å². The van der Waals surface area contributed by atoms with Crippen LogP contribution in [0.3, 0.4) is 0 Å². The summed E-state index contributed by atoms with van der Waals surface area (Å²) in [4.78, 5) is 4.39. The van der Waals surface area contributed by atoms with E-state index >= 15 is 0 Å². The quantitative estimate of drug-likeness (QED) is 0.520. The van der Waals surface area contributed by atoms with Gasteiger partial charge < -0.3 is 5.32 Å². The molecule has 4 aromatic rings. The molecule has 0 amide bonds. The van der Waals surface area contributed by atoms with Gasteiger partial charge in [-0.3, -0.25) is 4.68 Å². The summed E-state index contributed by atoms with van der Waals surface area (Å²) >= 11 is 6.27. The molecular weight excluding hydrogens is 398 g/mol. The predicted molar refractivity (Wildman–Crippen MR) is 107 cm³/mol. The number of aryl methyl sites for hydroxylation is 1. The number of aliphatic imine (C=N–C) groups is 1. The van der Waals surface area contributed by atoms with Gasteiger partial charge in [0.15, 0.2) is 5.82 Å². The zero-order valence-electron chi connectivity index (χ0n) is 15.1. The molecule has 0 saturated heterocycles. The number of anilines is 1. The van der Waals surface area contributed by atoms with Crippen LogP contribution in [-0.4, -0.2) is 25.4 Å². The zero-order chi connectivity index (χ0) is 20.1. The lowest BCUT2D eigenvalue weighted by Gasteiger charge is -2.13. The number of halogens is 3. The topological polar surface area (TPSA) is 60.0 Å². The first-order valence-electron chi connectivity index (χ1n) is 8.68. The number of hydrogen-bond acceptors (Lipinski definition) is 4. The molecule has 0 saturated carbocycles. The highest BCUT2D eigenvalue weighted by molar-refractivity contribution is 6.33. The monoisotopic (exact) mass is 410 g/mol. The highest BCUT2D eigenvalue weighted by atomic mass is 35.5. The molecule has 0 fully saturated rings. The highest BCUT2D eigenvalue weighted by Crippen LogP contribution is 2.36. The van der Waals surface area contributed by atoms with E-state index in [9.17, 15) is 8.78 Å². The Kier molecular flexibility index (Phi) is 3.95. The van der Waals surface area contributed by atoms with Gasteiger partial charge in [0.1, 0.15) is 22.5 Å². The average Bonchev–Trinajstić information content (AvgIpc) is 3.24. The van der Waals surface area contributed by atoms with E-state index in [0.717, 1.165) is 11.1 Å². The van der Waals surface area contributed by atoms with Crippen LogP contribution in [-0.2, 0) is 7.05 Å². The Labute approximate surface area is 169 Å². The van der Waals surface area contributed by atoms with Crippen LogP contribution in [0, 0.1) is 11.6 Å². The molecule has 2 aromatic heterocycles. The molecule has 0 atom stereocenters. The van der Waals surface area contributed by atoms with Crippen LogP contribution in [0.4, 0.5) is 20.3 Å². The summed E-state index contributed by atoms with van der Waals surface area (Å²) in [5.74, 6) is -1.17. The standard InChI is InChI=1S/C20H13ClF2N6/c1-28-10-12(8-24-28)11-5-6-16-17(7-11)29-20(13(21)9-25-29)27-19(26-16)18-14(22)3-2-4-15(18)23/h2-10H,1H3,(H,26,27). The van der Waals surface area contributed by atoms with Crippen LogP contribution >= 0.6 is 11.6 Å². The van der Waals surface area contributed by atoms with E-state index in [2.05, 4.69) is 20.5 Å². The summed E-state index contributed by atoms with van der Waals surface area (Å²) < 4.78 is 32.1. The minimum atomic E-state index is -0.728. The summed E-state index contributed by atoms with van der Waals surface area (Å²) in [5, 5.41) is 11.8. The number of nitrogens with zero attached hydrogens (tertiary/aromatic N) is 5. The normalized spacial score (nSPS) is 12.6. The maximum Gasteiger partial charge on any atom is 0.176 e. The minimum absolute atomic E-state index is 0.0112. The van der Waals surface area contributed by atoms with Gasteiger partial charge in [-0.05, 0) is 29.8 Å². The number of benzene rings is 2. The lowest BCUT2D eigenvalue weighted by Crippen LogP contribution is -2.17. The van der Waals surface area contributed by atoms with Gasteiger partial charge in [0.25, 0.3) is 0 Å². The van der Waals surface area contributed by atoms with Gasteiger partial charge in [0.2, 0.25) is 0 Å². The number of nitrogens with one attached hydrogen (secondary N) is 1. The van der Waals surface area contributed by atoms with Gasteiger partial charge >= 0.3 is 0 Å². The smallest absolute Gasteiger partial charge is 0.176 e. The lowest BCUT2D eigenvalue weighted by molar-refractivity contribution is 0.579. The van der Waals surface area contributed by atoms with E-state index in [-0.39, 0.29) is 22.2 Å². The van der Waals surface area contributed by atoms with Crippen molar-refractivity contribution in [3.05, 3.63) is 77.2 Å². The van der Waals surface area contributed by atoms with E-state index in [0.29, 0.717) is 11.4 Å². The number of aromatic nitrogens is 4. The predicted octanol–water partition coefficient (Wildman–Crippen LogP) is 4.71. The molecule has 1 N–H and O–H groups in total. The van der Waals surface area contributed by atoms with Crippen LogP contribution in [0.2, 0.25) is 5.02 Å². The van der Waals surface area contributed by atoms with Gasteiger partial charge in [-0.15, -0.1) is 0 Å². The third-order valence-electron chi connectivity index (χ3n) is 4.64. The molecule has 144 valence electrons. The number of amidine groups is 1. The second-order valence-corrected chi connectivity index (χ2v) is 6.95. The Morgan fingerprint density at radius 2 is 1.79 bits per heavy atom. The van der Waals surface area contributed by atoms with Gasteiger partial charge in [0.05, 0.1) is 29.3 Å². The second kappa shape index (κ2) is 6.52. The maximum absolute atomic E-state index is 14.4. The van der Waals surface area contributed by atoms with Crippen molar-refractivity contribution in [2.75, 3.05) is 5.32 Å². The zero-order valence-corrected chi connectivity index (χ0v) is 15.8. The Morgan fingerprint density at radius 3 is 2.52 bits per heavy atom. The van der Waals surface area contributed by atoms with Crippen molar-refractivity contribution in [3.63, 3.8) is 0 Å². The molecule has 0 radical (unpaired) electrons. The highest BCUT2D eigenvalue weighted by Gasteiger charge is 2.24. The fourth-order valence-corrected chi connectivity index (χ4v) is 3.43. The SMILES string of the molecule is Cn1cc(-c2ccc3c(c2)-n2ncc(Cl)c2N=C(c2c(F)cccc2F)N3)cn1. The van der Waals surface area contributed by atoms with Crippen molar-refractivity contribution in [2.45, 2.75) is 0 Å². The molecule has 1 aliphatic heterocycles. The summed E-state index contributed by atoms with van der Waals surface area (Å²) in [7, 11) is 1.84. The molecule has 6 nitrogen and oxygen atoms in total. The van der Waals surface area contributed by atoms with Crippen molar-refractivity contribution in [1.82, 2.24) is 19.6 Å². The first-order valence-corrected chi connectivity index (χ1v) is 9.06. The van der Waals surface area contributed by atoms with Crippen molar-refractivity contribution in [1.29, 1.82) is 0 Å². The summed E-state index contributed by atoms with van der Waals surface area (Å²) in [6.07, 6.45) is 5.08. The Hall–Kier alpha value is -3.52. The van der Waals surface area contributed by atoms with E-state index in [4.69, 9.17) is 11.6 Å². The summed E-state index contributed by atoms with van der Waals surface area (Å²) in [6, 6.07) is 9.24. The minimum Gasteiger partial charge on any atom is -0.338 e. The molecule has 0 bridgehead atoms. The van der Waals surface area contributed by atoms with Crippen LogP contribution in [0.1, 0.15) is 5.56 Å². The van der Waals surface area contributed by atoms with E-state index in [1.54, 1.807) is 16.9 Å². The van der Waals surface area contributed by atoms with E-state index in [1.807, 2.05) is 25.4 Å². The molecule has 1 aliphatic rings. The summed E-state index contributed by atoms with van der Waals surface area (Å²) in [6.45, 7) is 0. The van der Waals surface area contributed by atoms with Gasteiger partial charge in [0, 0.05) is 18.8 Å². The van der Waals surface area contributed by atoms with Gasteiger partial charge in [-0.1, -0.05) is 23.7 Å². The fraction of sp³-hybridized carbons (Fsp3) is 0.0500. The molecule has 0 aliphatic carbocycles. The third-order valence-corrected chi connectivity index (χ3v) is 4.90. The largest absolute Gasteiger partial charge is 0.338 e. The van der Waals surface area contributed by atoms with E-state index < -0.39 is 11.6 Å². The third kappa shape index (κ3) is 2.89. The Bertz CT molecular complexity index is 1270. The molecule has 5 rings (SSSR count). The Morgan fingerprint density at radius 1 is 1.00 bits per heavy atom. The molecular formula is C20H13ClF2N6. The van der Waals surface area contributed by atoms with Crippen molar-refractivity contribution >= 4 is 28.9 Å². The van der Waals surface area contributed by atoms with Crippen LogP contribution < -0.4 is 5.32 Å². The maximum atomic E-state index is 14.4. The first kappa shape index (κ1) is 17.6. The van der Waals surface area contributed by atoms with Crippen LogP contribution in [0.5, 0.6) is 0 Å². The average molecular weight is 411 g/mol. The molecule has 0 unspecified atom stereocenters. The fourth-order valence-electron chi connectivity index (χ4n) is 3.27. The number of hydrogen-bond donors (Lipinski definition) is 1. The molecule has 9 heteroatoms.